The Hall–Kier alpha value is -3.80. The first-order valence-corrected chi connectivity index (χ1v) is 9.50. The number of oxazole rings is 1. The van der Waals surface area contributed by atoms with Gasteiger partial charge >= 0.3 is 0 Å². The van der Waals surface area contributed by atoms with Gasteiger partial charge in [0.15, 0.2) is 5.58 Å². The number of anilines is 1. The molecule has 30 heavy (non-hydrogen) atoms. The van der Waals surface area contributed by atoms with Crippen LogP contribution in [0.25, 0.3) is 22.6 Å². The Morgan fingerprint density at radius 1 is 0.933 bits per heavy atom. The molecule has 0 fully saturated rings. The molecule has 0 aliphatic rings. The van der Waals surface area contributed by atoms with E-state index >= 15 is 0 Å². The number of fused-ring (bicyclic) bond motifs is 1. The van der Waals surface area contributed by atoms with Crippen LogP contribution in [0.15, 0.2) is 59.0 Å². The van der Waals surface area contributed by atoms with Gasteiger partial charge in [-0.2, -0.15) is 0 Å². The van der Waals surface area contributed by atoms with Crippen molar-refractivity contribution >= 4 is 22.7 Å². The largest absolute Gasteiger partial charge is 0.496 e. The van der Waals surface area contributed by atoms with E-state index in [0.717, 1.165) is 22.2 Å². The van der Waals surface area contributed by atoms with Crippen molar-refractivity contribution in [2.75, 3.05) is 19.5 Å². The number of benzene rings is 3. The highest BCUT2D eigenvalue weighted by Crippen LogP contribution is 2.30. The van der Waals surface area contributed by atoms with Gasteiger partial charge in [-0.25, -0.2) is 4.98 Å². The molecule has 0 aliphatic heterocycles. The Morgan fingerprint density at radius 2 is 1.57 bits per heavy atom. The van der Waals surface area contributed by atoms with Gasteiger partial charge in [0.2, 0.25) is 5.89 Å². The molecular weight excluding hydrogens is 380 g/mol. The van der Waals surface area contributed by atoms with Crippen LogP contribution in [0, 0.1) is 13.8 Å². The van der Waals surface area contributed by atoms with E-state index in [4.69, 9.17) is 13.9 Å². The lowest BCUT2D eigenvalue weighted by molar-refractivity contribution is 0.102. The number of aryl methyl sites for hydroxylation is 2. The lowest BCUT2D eigenvalue weighted by atomic mass is 10.1. The Morgan fingerprint density at radius 3 is 2.20 bits per heavy atom. The number of carbonyl (C=O) groups is 1. The normalized spacial score (nSPS) is 10.8. The smallest absolute Gasteiger partial charge is 0.263 e. The van der Waals surface area contributed by atoms with Crippen molar-refractivity contribution in [2.45, 2.75) is 13.8 Å². The molecule has 1 N–H and O–H groups in total. The highest BCUT2D eigenvalue weighted by molar-refractivity contribution is 6.08. The van der Waals surface area contributed by atoms with E-state index in [0.29, 0.717) is 28.6 Å². The number of rotatable bonds is 5. The number of methoxy groups -OCH3 is 2. The molecule has 1 amide bonds. The first-order chi connectivity index (χ1) is 14.5. The van der Waals surface area contributed by atoms with Gasteiger partial charge in [-0.15, -0.1) is 0 Å². The summed E-state index contributed by atoms with van der Waals surface area (Å²) in [6, 6.07) is 16.6. The van der Waals surface area contributed by atoms with Crippen LogP contribution >= 0.6 is 0 Å². The van der Waals surface area contributed by atoms with E-state index < -0.39 is 0 Å². The van der Waals surface area contributed by atoms with Gasteiger partial charge < -0.3 is 19.2 Å². The topological polar surface area (TPSA) is 73.6 Å². The quantitative estimate of drug-likeness (QED) is 0.485. The maximum absolute atomic E-state index is 12.8. The molecule has 6 nitrogen and oxygen atoms in total. The first kappa shape index (κ1) is 19.5. The SMILES string of the molecule is COc1cccc(OC)c1C(=O)Nc1ccc(-c2nc3cc(C)c(C)cc3o2)cc1. The lowest BCUT2D eigenvalue weighted by Gasteiger charge is -2.13. The van der Waals surface area contributed by atoms with E-state index in [9.17, 15) is 4.79 Å². The third-order valence-corrected chi connectivity index (χ3v) is 5.05. The highest BCUT2D eigenvalue weighted by atomic mass is 16.5. The number of nitrogens with one attached hydrogen (secondary N) is 1. The van der Waals surface area contributed by atoms with Crippen molar-refractivity contribution in [1.29, 1.82) is 0 Å². The van der Waals surface area contributed by atoms with E-state index in [1.165, 1.54) is 19.8 Å². The van der Waals surface area contributed by atoms with Crippen LogP contribution in [0.4, 0.5) is 5.69 Å². The summed E-state index contributed by atoms with van der Waals surface area (Å²) >= 11 is 0. The van der Waals surface area contributed by atoms with Gasteiger partial charge in [-0.3, -0.25) is 4.79 Å². The summed E-state index contributed by atoms with van der Waals surface area (Å²) in [6.07, 6.45) is 0. The standard InChI is InChI=1S/C24H22N2O4/c1-14-12-18-21(13-15(14)2)30-24(26-18)16-8-10-17(11-9-16)25-23(27)22-19(28-3)6-5-7-20(22)29-4/h5-13H,1-4H3,(H,25,27). The van der Waals surface area contributed by atoms with Gasteiger partial charge in [0.1, 0.15) is 22.6 Å². The zero-order valence-electron chi connectivity index (χ0n) is 17.3. The maximum atomic E-state index is 12.8. The van der Waals surface area contributed by atoms with Crippen LogP contribution in [-0.2, 0) is 0 Å². The summed E-state index contributed by atoms with van der Waals surface area (Å²) in [7, 11) is 3.04. The predicted molar refractivity (Wildman–Crippen MR) is 116 cm³/mol. The number of amides is 1. The van der Waals surface area contributed by atoms with E-state index in [1.54, 1.807) is 30.3 Å². The van der Waals surface area contributed by atoms with Crippen molar-refractivity contribution in [2.24, 2.45) is 0 Å². The van der Waals surface area contributed by atoms with Gasteiger partial charge in [-0.05, 0) is 73.5 Å². The van der Waals surface area contributed by atoms with Crippen molar-refractivity contribution < 1.29 is 18.7 Å². The van der Waals surface area contributed by atoms with E-state index in [-0.39, 0.29) is 5.91 Å². The summed E-state index contributed by atoms with van der Waals surface area (Å²) in [4.78, 5) is 17.4. The van der Waals surface area contributed by atoms with Crippen molar-refractivity contribution in [3.63, 3.8) is 0 Å². The summed E-state index contributed by atoms with van der Waals surface area (Å²) in [5.41, 5.74) is 5.73. The minimum absolute atomic E-state index is 0.315. The monoisotopic (exact) mass is 402 g/mol. The van der Waals surface area contributed by atoms with E-state index in [1.807, 2.05) is 31.2 Å². The molecule has 3 aromatic carbocycles. The number of hydrogen-bond acceptors (Lipinski definition) is 5. The molecule has 0 spiro atoms. The zero-order valence-corrected chi connectivity index (χ0v) is 17.3. The molecule has 152 valence electrons. The average molecular weight is 402 g/mol. The Kier molecular flexibility index (Phi) is 5.14. The molecule has 0 radical (unpaired) electrons. The fourth-order valence-corrected chi connectivity index (χ4v) is 3.27. The fourth-order valence-electron chi connectivity index (χ4n) is 3.27. The Bertz CT molecular complexity index is 1160. The first-order valence-electron chi connectivity index (χ1n) is 9.50. The average Bonchev–Trinajstić information content (AvgIpc) is 3.16. The maximum Gasteiger partial charge on any atom is 0.263 e. The molecular formula is C24H22N2O4. The Labute approximate surface area is 174 Å². The fraction of sp³-hybridized carbons (Fsp3) is 0.167. The molecule has 0 unspecified atom stereocenters. The number of aromatic nitrogens is 1. The molecule has 4 aromatic rings. The summed E-state index contributed by atoms with van der Waals surface area (Å²) in [6.45, 7) is 4.10. The van der Waals surface area contributed by atoms with Crippen LogP contribution in [0.1, 0.15) is 21.5 Å². The van der Waals surface area contributed by atoms with E-state index in [2.05, 4.69) is 17.2 Å². The van der Waals surface area contributed by atoms with Crippen molar-refractivity contribution in [3.8, 4) is 23.0 Å². The Balaban J connectivity index is 1.58. The number of ether oxygens (including phenoxy) is 2. The van der Waals surface area contributed by atoms with Crippen LogP contribution in [0.3, 0.4) is 0 Å². The third-order valence-electron chi connectivity index (χ3n) is 5.05. The second-order valence-electron chi connectivity index (χ2n) is 6.99. The molecule has 0 atom stereocenters. The minimum atomic E-state index is -0.315. The number of hydrogen-bond donors (Lipinski definition) is 1. The molecule has 0 saturated carbocycles. The molecule has 4 rings (SSSR count). The minimum Gasteiger partial charge on any atom is -0.496 e. The second-order valence-corrected chi connectivity index (χ2v) is 6.99. The van der Waals surface area contributed by atoms with Crippen LogP contribution in [0.2, 0.25) is 0 Å². The van der Waals surface area contributed by atoms with Crippen LogP contribution < -0.4 is 14.8 Å². The molecule has 6 heteroatoms. The van der Waals surface area contributed by atoms with Crippen LogP contribution in [0.5, 0.6) is 11.5 Å². The molecule has 0 bridgehead atoms. The summed E-state index contributed by atoms with van der Waals surface area (Å²) in [5, 5.41) is 2.88. The van der Waals surface area contributed by atoms with Crippen molar-refractivity contribution in [1.82, 2.24) is 4.98 Å². The molecule has 1 aromatic heterocycles. The number of nitrogens with zero attached hydrogens (tertiary/aromatic N) is 1. The molecule has 0 saturated heterocycles. The zero-order chi connectivity index (χ0) is 21.3. The van der Waals surface area contributed by atoms with Crippen LogP contribution in [-0.4, -0.2) is 25.1 Å². The molecule has 1 heterocycles. The summed E-state index contributed by atoms with van der Waals surface area (Å²) in [5.74, 6) is 1.12. The molecule has 0 aliphatic carbocycles. The van der Waals surface area contributed by atoms with Gasteiger partial charge in [0.05, 0.1) is 14.2 Å². The summed E-state index contributed by atoms with van der Waals surface area (Å²) < 4.78 is 16.5. The van der Waals surface area contributed by atoms with Gasteiger partial charge in [0, 0.05) is 11.3 Å². The van der Waals surface area contributed by atoms with Crippen molar-refractivity contribution in [3.05, 3.63) is 71.3 Å². The van der Waals surface area contributed by atoms with Gasteiger partial charge in [0.25, 0.3) is 5.91 Å². The number of carbonyl (C=O) groups excluding carboxylic acids is 1. The predicted octanol–water partition coefficient (Wildman–Crippen LogP) is 5.38. The van der Waals surface area contributed by atoms with Gasteiger partial charge in [-0.1, -0.05) is 6.07 Å². The third kappa shape index (κ3) is 3.59. The lowest BCUT2D eigenvalue weighted by Crippen LogP contribution is -2.14. The highest BCUT2D eigenvalue weighted by Gasteiger charge is 2.18. The second kappa shape index (κ2) is 7.91.